The molecular weight excluding hydrogens is 316 g/mol. The van der Waals surface area contributed by atoms with E-state index in [-0.39, 0.29) is 0 Å². The van der Waals surface area contributed by atoms with Gasteiger partial charge in [-0.1, -0.05) is 19.1 Å². The van der Waals surface area contributed by atoms with Crippen molar-refractivity contribution in [3.63, 3.8) is 0 Å². The summed E-state index contributed by atoms with van der Waals surface area (Å²) in [6.45, 7) is 6.68. The molecule has 0 atom stereocenters. The minimum absolute atomic E-state index is 0.423. The van der Waals surface area contributed by atoms with Crippen LogP contribution in [0.3, 0.4) is 0 Å². The number of hydrogen-bond acceptors (Lipinski definition) is 4. The number of hydrogen-bond donors (Lipinski definition) is 0. The molecule has 0 saturated carbocycles. The van der Waals surface area contributed by atoms with Crippen molar-refractivity contribution in [2.45, 2.75) is 27.2 Å². The van der Waals surface area contributed by atoms with E-state index in [2.05, 4.69) is 0 Å². The maximum Gasteiger partial charge on any atom is 0.336 e. The van der Waals surface area contributed by atoms with Crippen LogP contribution in [0.5, 0.6) is 17.2 Å². The summed E-state index contributed by atoms with van der Waals surface area (Å²) in [7, 11) is 1.59. The number of carbonyl (C=O) groups excluding carboxylic acids is 1. The van der Waals surface area contributed by atoms with Gasteiger partial charge in [0.25, 0.3) is 0 Å². The van der Waals surface area contributed by atoms with Crippen molar-refractivity contribution in [3.8, 4) is 17.2 Å². The summed E-state index contributed by atoms with van der Waals surface area (Å²) < 4.78 is 16.3. The van der Waals surface area contributed by atoms with E-state index in [9.17, 15) is 4.79 Å². The number of esters is 1. The van der Waals surface area contributed by atoms with Gasteiger partial charge in [-0.25, -0.2) is 4.79 Å². The van der Waals surface area contributed by atoms with Crippen molar-refractivity contribution < 1.29 is 19.0 Å². The lowest BCUT2D eigenvalue weighted by Crippen LogP contribution is -2.04. The van der Waals surface area contributed by atoms with Gasteiger partial charge in [0, 0.05) is 6.08 Å². The molecule has 0 unspecified atom stereocenters. The molecule has 25 heavy (non-hydrogen) atoms. The average Bonchev–Trinajstić information content (AvgIpc) is 2.61. The van der Waals surface area contributed by atoms with Gasteiger partial charge >= 0.3 is 5.97 Å². The van der Waals surface area contributed by atoms with Gasteiger partial charge < -0.3 is 14.2 Å². The van der Waals surface area contributed by atoms with E-state index in [1.165, 1.54) is 6.08 Å². The lowest BCUT2D eigenvalue weighted by Gasteiger charge is -2.10. The molecule has 0 saturated heterocycles. The van der Waals surface area contributed by atoms with Gasteiger partial charge in [-0.05, 0) is 67.3 Å². The Morgan fingerprint density at radius 3 is 2.52 bits per heavy atom. The van der Waals surface area contributed by atoms with E-state index in [4.69, 9.17) is 14.2 Å². The minimum atomic E-state index is -0.423. The molecule has 0 heterocycles. The van der Waals surface area contributed by atoms with Crippen molar-refractivity contribution >= 4 is 12.0 Å². The van der Waals surface area contributed by atoms with Crippen LogP contribution in [0.4, 0.5) is 0 Å². The number of ether oxygens (including phenoxy) is 3. The fraction of sp³-hybridized carbons (Fsp3) is 0.286. The Labute approximate surface area is 149 Å². The third-order valence-electron chi connectivity index (χ3n) is 3.76. The highest BCUT2D eigenvalue weighted by molar-refractivity contribution is 5.88. The lowest BCUT2D eigenvalue weighted by molar-refractivity contribution is -0.128. The first-order valence-electron chi connectivity index (χ1n) is 8.31. The summed E-state index contributed by atoms with van der Waals surface area (Å²) in [6.07, 6.45) is 4.02. The number of carbonyl (C=O) groups is 1. The molecule has 0 aromatic heterocycles. The van der Waals surface area contributed by atoms with Crippen LogP contribution >= 0.6 is 0 Å². The lowest BCUT2D eigenvalue weighted by atomic mass is 10.1. The summed E-state index contributed by atoms with van der Waals surface area (Å²) in [5.74, 6) is 1.45. The van der Waals surface area contributed by atoms with Crippen LogP contribution in [-0.2, 0) is 4.79 Å². The summed E-state index contributed by atoms with van der Waals surface area (Å²) in [6, 6.07) is 11.1. The Kier molecular flexibility index (Phi) is 6.63. The van der Waals surface area contributed by atoms with Gasteiger partial charge in [0.1, 0.15) is 5.75 Å². The molecule has 4 heteroatoms. The monoisotopic (exact) mass is 340 g/mol. The number of methoxy groups -OCH3 is 1. The molecule has 4 nitrogen and oxygen atoms in total. The predicted octanol–water partition coefficient (Wildman–Crippen LogP) is 4.72. The molecule has 0 N–H and O–H groups in total. The summed E-state index contributed by atoms with van der Waals surface area (Å²) in [5, 5.41) is 0. The van der Waals surface area contributed by atoms with Crippen molar-refractivity contribution in [2.75, 3.05) is 13.7 Å². The standard InChI is InChI=1S/C21H24O4/c1-5-12-24-19-10-7-17(14-20(19)23-4)8-11-21(22)25-18-9-6-15(2)16(3)13-18/h6-11,13-14H,5,12H2,1-4H3/b11-8+. The van der Waals surface area contributed by atoms with Crippen molar-refractivity contribution in [3.05, 3.63) is 59.2 Å². The SMILES string of the molecule is CCCOc1ccc(/C=C/C(=O)Oc2ccc(C)c(C)c2)cc1OC. The maximum atomic E-state index is 12.0. The third kappa shape index (κ3) is 5.38. The molecule has 0 aliphatic carbocycles. The van der Waals surface area contributed by atoms with Gasteiger partial charge in [-0.2, -0.15) is 0 Å². The maximum absolute atomic E-state index is 12.0. The Morgan fingerprint density at radius 1 is 1.04 bits per heavy atom. The number of rotatable bonds is 7. The molecule has 0 fully saturated rings. The second-order valence-electron chi connectivity index (χ2n) is 5.76. The van der Waals surface area contributed by atoms with Crippen LogP contribution in [0, 0.1) is 13.8 Å². The van der Waals surface area contributed by atoms with Crippen LogP contribution in [0.15, 0.2) is 42.5 Å². The van der Waals surface area contributed by atoms with Gasteiger partial charge in [0.15, 0.2) is 11.5 Å². The molecule has 0 aliphatic rings. The average molecular weight is 340 g/mol. The van der Waals surface area contributed by atoms with E-state index in [1.54, 1.807) is 19.3 Å². The zero-order valence-electron chi connectivity index (χ0n) is 15.2. The van der Waals surface area contributed by atoms with Crippen LogP contribution < -0.4 is 14.2 Å². The van der Waals surface area contributed by atoms with Gasteiger partial charge in [0.2, 0.25) is 0 Å². The predicted molar refractivity (Wildman–Crippen MR) is 99.4 cm³/mol. The molecular formula is C21H24O4. The third-order valence-corrected chi connectivity index (χ3v) is 3.76. The molecule has 132 valence electrons. The van der Waals surface area contributed by atoms with Crippen molar-refractivity contribution in [1.29, 1.82) is 0 Å². The van der Waals surface area contributed by atoms with Gasteiger partial charge in [-0.3, -0.25) is 0 Å². The summed E-state index contributed by atoms with van der Waals surface area (Å²) in [4.78, 5) is 12.0. The summed E-state index contributed by atoms with van der Waals surface area (Å²) >= 11 is 0. The molecule has 2 rings (SSSR count). The van der Waals surface area contributed by atoms with Crippen LogP contribution in [-0.4, -0.2) is 19.7 Å². The fourth-order valence-corrected chi connectivity index (χ4v) is 2.21. The molecule has 0 bridgehead atoms. The van der Waals surface area contributed by atoms with Gasteiger partial charge in [0.05, 0.1) is 13.7 Å². The van der Waals surface area contributed by atoms with E-state index < -0.39 is 5.97 Å². The zero-order valence-corrected chi connectivity index (χ0v) is 15.2. The van der Waals surface area contributed by atoms with Crippen molar-refractivity contribution in [2.24, 2.45) is 0 Å². The van der Waals surface area contributed by atoms with Crippen LogP contribution in [0.2, 0.25) is 0 Å². The first-order chi connectivity index (χ1) is 12.0. The Morgan fingerprint density at radius 2 is 1.84 bits per heavy atom. The van der Waals surface area contributed by atoms with Crippen molar-refractivity contribution in [1.82, 2.24) is 0 Å². The quantitative estimate of drug-likeness (QED) is 0.416. The molecule has 0 amide bonds. The van der Waals surface area contributed by atoms with Crippen LogP contribution in [0.25, 0.3) is 6.08 Å². The highest BCUT2D eigenvalue weighted by Gasteiger charge is 2.06. The number of benzene rings is 2. The minimum Gasteiger partial charge on any atom is -0.493 e. The van der Waals surface area contributed by atoms with Gasteiger partial charge in [-0.15, -0.1) is 0 Å². The topological polar surface area (TPSA) is 44.8 Å². The molecule has 0 spiro atoms. The Balaban J connectivity index is 2.04. The zero-order chi connectivity index (χ0) is 18.2. The smallest absolute Gasteiger partial charge is 0.336 e. The molecule has 0 aliphatic heterocycles. The normalized spacial score (nSPS) is 10.7. The van der Waals surface area contributed by atoms with E-state index in [1.807, 2.05) is 51.1 Å². The second kappa shape index (κ2) is 8.92. The Hall–Kier alpha value is -2.75. The van der Waals surface area contributed by atoms with E-state index >= 15 is 0 Å². The second-order valence-corrected chi connectivity index (χ2v) is 5.76. The number of aryl methyl sites for hydroxylation is 2. The summed E-state index contributed by atoms with van der Waals surface area (Å²) in [5.41, 5.74) is 3.08. The Bertz CT molecular complexity index is 762. The molecule has 0 radical (unpaired) electrons. The first-order valence-corrected chi connectivity index (χ1v) is 8.31. The van der Waals surface area contributed by atoms with E-state index in [0.29, 0.717) is 23.9 Å². The molecule has 2 aromatic rings. The fourth-order valence-electron chi connectivity index (χ4n) is 2.21. The van der Waals surface area contributed by atoms with E-state index in [0.717, 1.165) is 23.1 Å². The largest absolute Gasteiger partial charge is 0.493 e. The highest BCUT2D eigenvalue weighted by atomic mass is 16.5. The molecule has 2 aromatic carbocycles. The van der Waals surface area contributed by atoms with Crippen LogP contribution in [0.1, 0.15) is 30.0 Å². The first kappa shape index (κ1) is 18.6. The highest BCUT2D eigenvalue weighted by Crippen LogP contribution is 2.28.